The van der Waals surface area contributed by atoms with Crippen LogP contribution in [-0.2, 0) is 11.2 Å². The van der Waals surface area contributed by atoms with Gasteiger partial charge in [0.2, 0.25) is 0 Å². The molecule has 3 nitrogen and oxygen atoms in total. The maximum Gasteiger partial charge on any atom is 0.262 e. The van der Waals surface area contributed by atoms with Crippen molar-refractivity contribution >= 4 is 43.5 Å². The third-order valence-corrected chi connectivity index (χ3v) is 4.76. The van der Waals surface area contributed by atoms with Crippen LogP contribution < -0.4 is 10.1 Å². The van der Waals surface area contributed by atoms with Crippen LogP contribution in [0.2, 0.25) is 0 Å². The molecule has 0 saturated carbocycles. The van der Waals surface area contributed by atoms with Crippen LogP contribution in [0, 0.1) is 6.92 Å². The van der Waals surface area contributed by atoms with Gasteiger partial charge in [0.05, 0.1) is 5.69 Å². The van der Waals surface area contributed by atoms with E-state index in [1.54, 1.807) is 0 Å². The average molecular weight is 427 g/mol. The molecule has 0 aliphatic carbocycles. The van der Waals surface area contributed by atoms with Gasteiger partial charge in [0.25, 0.3) is 5.91 Å². The lowest BCUT2D eigenvalue weighted by atomic mass is 10.1. The van der Waals surface area contributed by atoms with Gasteiger partial charge in [-0.25, -0.2) is 0 Å². The Balaban J connectivity index is 1.94. The Morgan fingerprint density at radius 3 is 2.55 bits per heavy atom. The molecule has 0 fully saturated rings. The van der Waals surface area contributed by atoms with Crippen LogP contribution in [0.1, 0.15) is 18.1 Å². The minimum atomic E-state index is -0.189. The van der Waals surface area contributed by atoms with Crippen molar-refractivity contribution in [2.24, 2.45) is 0 Å². The summed E-state index contributed by atoms with van der Waals surface area (Å²) in [6, 6.07) is 11.5. The van der Waals surface area contributed by atoms with Crippen LogP contribution >= 0.6 is 31.9 Å². The SMILES string of the molecule is CCc1ccc(NC(=O)COc2ccc(Br)c(C)c2)c(Br)c1. The van der Waals surface area contributed by atoms with E-state index < -0.39 is 0 Å². The molecule has 0 aromatic heterocycles. The number of hydrogen-bond acceptors (Lipinski definition) is 2. The van der Waals surface area contributed by atoms with Gasteiger partial charge in [-0.3, -0.25) is 4.79 Å². The molecule has 5 heteroatoms. The normalized spacial score (nSPS) is 10.4. The standard InChI is InChI=1S/C17H17Br2NO2/c1-3-12-4-7-16(15(19)9-12)20-17(21)10-22-13-5-6-14(18)11(2)8-13/h4-9H,3,10H2,1-2H3,(H,20,21). The number of nitrogens with one attached hydrogen (secondary N) is 1. The summed E-state index contributed by atoms with van der Waals surface area (Å²) in [6.45, 7) is 4.04. The van der Waals surface area contributed by atoms with Crippen molar-refractivity contribution in [1.29, 1.82) is 0 Å². The van der Waals surface area contributed by atoms with Gasteiger partial charge in [0.15, 0.2) is 6.61 Å². The van der Waals surface area contributed by atoms with Crippen molar-refractivity contribution in [1.82, 2.24) is 0 Å². The molecule has 0 spiro atoms. The van der Waals surface area contributed by atoms with Crippen molar-refractivity contribution < 1.29 is 9.53 Å². The van der Waals surface area contributed by atoms with Crippen molar-refractivity contribution in [2.75, 3.05) is 11.9 Å². The van der Waals surface area contributed by atoms with E-state index in [0.717, 1.165) is 26.6 Å². The van der Waals surface area contributed by atoms with E-state index in [1.165, 1.54) is 5.56 Å². The first-order chi connectivity index (χ1) is 10.5. The summed E-state index contributed by atoms with van der Waals surface area (Å²) >= 11 is 6.90. The largest absolute Gasteiger partial charge is 0.484 e. The molecule has 0 atom stereocenters. The number of anilines is 1. The summed E-state index contributed by atoms with van der Waals surface area (Å²) in [5, 5.41) is 2.84. The van der Waals surface area contributed by atoms with E-state index in [9.17, 15) is 4.79 Å². The summed E-state index contributed by atoms with van der Waals surface area (Å²) in [6.07, 6.45) is 0.957. The lowest BCUT2D eigenvalue weighted by Gasteiger charge is -2.10. The number of benzene rings is 2. The number of aryl methyl sites for hydroxylation is 2. The molecule has 0 unspecified atom stereocenters. The molecule has 0 saturated heterocycles. The molecule has 2 rings (SSSR count). The van der Waals surface area contributed by atoms with Crippen LogP contribution in [0.25, 0.3) is 0 Å². The first-order valence-electron chi connectivity index (χ1n) is 6.97. The molecule has 2 aromatic carbocycles. The first kappa shape index (κ1) is 17.0. The molecule has 0 heterocycles. The highest BCUT2D eigenvalue weighted by Gasteiger charge is 2.07. The Labute approximate surface area is 147 Å². The lowest BCUT2D eigenvalue weighted by molar-refractivity contribution is -0.118. The Morgan fingerprint density at radius 2 is 1.91 bits per heavy atom. The smallest absolute Gasteiger partial charge is 0.262 e. The number of halogens is 2. The highest BCUT2D eigenvalue weighted by Crippen LogP contribution is 2.24. The van der Waals surface area contributed by atoms with Crippen molar-refractivity contribution in [3.05, 3.63) is 56.5 Å². The molecular weight excluding hydrogens is 410 g/mol. The van der Waals surface area contributed by atoms with E-state index in [1.807, 2.05) is 43.3 Å². The second-order valence-electron chi connectivity index (χ2n) is 4.92. The molecule has 0 aliphatic heterocycles. The van der Waals surface area contributed by atoms with Crippen LogP contribution in [0.3, 0.4) is 0 Å². The molecule has 2 aromatic rings. The Bertz CT molecular complexity index is 686. The number of carbonyl (C=O) groups excluding carboxylic acids is 1. The fourth-order valence-electron chi connectivity index (χ4n) is 1.92. The zero-order valence-electron chi connectivity index (χ0n) is 12.5. The average Bonchev–Trinajstić information content (AvgIpc) is 2.50. The van der Waals surface area contributed by atoms with E-state index in [0.29, 0.717) is 5.75 Å². The van der Waals surface area contributed by atoms with Gasteiger partial charge in [-0.1, -0.05) is 28.9 Å². The van der Waals surface area contributed by atoms with E-state index >= 15 is 0 Å². The van der Waals surface area contributed by atoms with Gasteiger partial charge in [0, 0.05) is 8.95 Å². The summed E-state index contributed by atoms with van der Waals surface area (Å²) < 4.78 is 7.40. The maximum atomic E-state index is 12.0. The molecule has 1 N–H and O–H groups in total. The number of amides is 1. The highest BCUT2D eigenvalue weighted by molar-refractivity contribution is 9.10. The van der Waals surface area contributed by atoms with E-state index in [-0.39, 0.29) is 12.5 Å². The summed E-state index contributed by atoms with van der Waals surface area (Å²) in [5.41, 5.74) is 3.03. The zero-order chi connectivity index (χ0) is 16.1. The van der Waals surface area contributed by atoms with Gasteiger partial charge in [-0.2, -0.15) is 0 Å². The molecule has 1 amide bonds. The topological polar surface area (TPSA) is 38.3 Å². The van der Waals surface area contributed by atoms with E-state index in [2.05, 4.69) is 44.1 Å². The fraction of sp³-hybridized carbons (Fsp3) is 0.235. The van der Waals surface area contributed by atoms with Crippen LogP contribution in [-0.4, -0.2) is 12.5 Å². The molecule has 0 radical (unpaired) electrons. The van der Waals surface area contributed by atoms with Gasteiger partial charge >= 0.3 is 0 Å². The second kappa shape index (κ2) is 7.79. The first-order valence-corrected chi connectivity index (χ1v) is 8.55. The highest BCUT2D eigenvalue weighted by atomic mass is 79.9. The molecular formula is C17H17Br2NO2. The van der Waals surface area contributed by atoms with Crippen LogP contribution in [0.4, 0.5) is 5.69 Å². The van der Waals surface area contributed by atoms with Crippen LogP contribution in [0.5, 0.6) is 5.75 Å². The number of ether oxygens (including phenoxy) is 1. The fourth-order valence-corrected chi connectivity index (χ4v) is 2.69. The molecule has 116 valence electrons. The minimum Gasteiger partial charge on any atom is -0.484 e. The van der Waals surface area contributed by atoms with Crippen molar-refractivity contribution in [3.8, 4) is 5.75 Å². The zero-order valence-corrected chi connectivity index (χ0v) is 15.6. The number of carbonyl (C=O) groups is 1. The van der Waals surface area contributed by atoms with Gasteiger partial charge in [0.1, 0.15) is 5.75 Å². The van der Waals surface area contributed by atoms with Crippen LogP contribution in [0.15, 0.2) is 45.3 Å². The summed E-state index contributed by atoms with van der Waals surface area (Å²) in [5.74, 6) is 0.488. The molecule has 0 bridgehead atoms. The quantitative estimate of drug-likeness (QED) is 0.722. The second-order valence-corrected chi connectivity index (χ2v) is 6.62. The third-order valence-electron chi connectivity index (χ3n) is 3.22. The molecule has 0 aliphatic rings. The minimum absolute atomic E-state index is 0.0248. The predicted molar refractivity (Wildman–Crippen MR) is 96.5 cm³/mol. The lowest BCUT2D eigenvalue weighted by Crippen LogP contribution is -2.20. The third kappa shape index (κ3) is 4.58. The van der Waals surface area contributed by atoms with Gasteiger partial charge in [-0.05, 0) is 70.7 Å². The van der Waals surface area contributed by atoms with E-state index in [4.69, 9.17) is 4.74 Å². The predicted octanol–water partition coefficient (Wildman–Crippen LogP) is 5.10. The van der Waals surface area contributed by atoms with Crippen molar-refractivity contribution in [3.63, 3.8) is 0 Å². The number of hydrogen-bond donors (Lipinski definition) is 1. The summed E-state index contributed by atoms with van der Waals surface area (Å²) in [4.78, 5) is 12.0. The Kier molecular flexibility index (Phi) is 6.03. The Morgan fingerprint density at radius 1 is 1.14 bits per heavy atom. The van der Waals surface area contributed by atoms with Gasteiger partial charge in [-0.15, -0.1) is 0 Å². The summed E-state index contributed by atoms with van der Waals surface area (Å²) in [7, 11) is 0. The molecule has 22 heavy (non-hydrogen) atoms. The van der Waals surface area contributed by atoms with Crippen molar-refractivity contribution in [2.45, 2.75) is 20.3 Å². The maximum absolute atomic E-state index is 12.0. The number of rotatable bonds is 5. The monoisotopic (exact) mass is 425 g/mol. The van der Waals surface area contributed by atoms with Gasteiger partial charge < -0.3 is 10.1 Å². The Hall–Kier alpha value is -1.33.